The van der Waals surface area contributed by atoms with Crippen LogP contribution in [0.15, 0.2) is 28.2 Å². The predicted molar refractivity (Wildman–Crippen MR) is 64.2 cm³/mol. The van der Waals surface area contributed by atoms with Crippen LogP contribution in [0.5, 0.6) is 5.75 Å². The van der Waals surface area contributed by atoms with E-state index in [-0.39, 0.29) is 6.67 Å². The number of aldehydes is 1. The third-order valence-corrected chi connectivity index (χ3v) is 2.78. The van der Waals surface area contributed by atoms with Crippen molar-refractivity contribution in [1.29, 1.82) is 0 Å². The van der Waals surface area contributed by atoms with Crippen molar-refractivity contribution in [2.75, 3.05) is 6.67 Å². The second kappa shape index (κ2) is 4.06. The maximum atomic E-state index is 11.0. The summed E-state index contributed by atoms with van der Waals surface area (Å²) in [5.41, 5.74) is 2.60. The molecule has 6 nitrogen and oxygen atoms in total. The van der Waals surface area contributed by atoms with Gasteiger partial charge in [-0.1, -0.05) is 0 Å². The summed E-state index contributed by atoms with van der Waals surface area (Å²) in [6, 6.07) is 5.31. The molecule has 0 aromatic heterocycles. The molecule has 3 rings (SSSR count). The molecule has 0 atom stereocenters. The predicted octanol–water partition coefficient (Wildman–Crippen LogP) is 0.689. The van der Waals surface area contributed by atoms with Crippen molar-refractivity contribution < 1.29 is 14.3 Å². The van der Waals surface area contributed by atoms with Crippen LogP contribution in [-0.4, -0.2) is 30.5 Å². The number of hydrogen-bond acceptors (Lipinski definition) is 5. The fraction of sp³-hybridized carbons (Fsp3) is 0.167. The minimum Gasteiger partial charge on any atom is -0.410 e. The van der Waals surface area contributed by atoms with Gasteiger partial charge < -0.3 is 10.1 Å². The average molecular weight is 243 g/mol. The first-order valence-corrected chi connectivity index (χ1v) is 5.41. The molecule has 1 amide bonds. The molecule has 0 bridgehead atoms. The normalized spacial score (nSPS) is 17.2. The van der Waals surface area contributed by atoms with Crippen LogP contribution in [0.3, 0.4) is 0 Å². The molecule has 90 valence electrons. The second-order valence-electron chi connectivity index (χ2n) is 3.87. The van der Waals surface area contributed by atoms with Crippen LogP contribution in [0.4, 0.5) is 4.79 Å². The summed E-state index contributed by atoms with van der Waals surface area (Å²) in [7, 11) is 0. The molecule has 0 aliphatic carbocycles. The lowest BCUT2D eigenvalue weighted by atomic mass is 10.0. The summed E-state index contributed by atoms with van der Waals surface area (Å²) >= 11 is 0. The molecule has 2 heterocycles. The Morgan fingerprint density at radius 2 is 2.22 bits per heavy atom. The van der Waals surface area contributed by atoms with Gasteiger partial charge in [0.1, 0.15) is 18.1 Å². The Morgan fingerprint density at radius 1 is 1.33 bits per heavy atom. The molecule has 0 unspecified atom stereocenters. The Morgan fingerprint density at radius 3 is 3.06 bits per heavy atom. The third kappa shape index (κ3) is 1.67. The Balaban J connectivity index is 1.98. The highest BCUT2D eigenvalue weighted by atomic mass is 16.6. The first-order valence-electron chi connectivity index (χ1n) is 5.41. The smallest absolute Gasteiger partial charge is 0.410 e. The quantitative estimate of drug-likeness (QED) is 0.776. The fourth-order valence-corrected chi connectivity index (χ4v) is 1.94. The molecule has 0 saturated heterocycles. The van der Waals surface area contributed by atoms with Gasteiger partial charge >= 0.3 is 6.09 Å². The van der Waals surface area contributed by atoms with Crippen molar-refractivity contribution in [3.8, 4) is 5.75 Å². The van der Waals surface area contributed by atoms with E-state index in [4.69, 9.17) is 4.74 Å². The molecule has 6 heteroatoms. The van der Waals surface area contributed by atoms with E-state index in [1.165, 1.54) is 0 Å². The van der Waals surface area contributed by atoms with E-state index >= 15 is 0 Å². The van der Waals surface area contributed by atoms with Crippen molar-refractivity contribution >= 4 is 23.8 Å². The Labute approximate surface area is 102 Å². The molecular weight excluding hydrogens is 234 g/mol. The van der Waals surface area contributed by atoms with E-state index in [9.17, 15) is 9.59 Å². The first-order chi connectivity index (χ1) is 8.78. The highest BCUT2D eigenvalue weighted by molar-refractivity contribution is 6.66. The van der Waals surface area contributed by atoms with Crippen LogP contribution in [0.25, 0.3) is 0 Å². The number of rotatable bonds is 2. The summed E-state index contributed by atoms with van der Waals surface area (Å²) < 4.78 is 5.01. The number of fused-ring (bicyclic) bond motifs is 1. The van der Waals surface area contributed by atoms with Crippen molar-refractivity contribution in [3.05, 3.63) is 29.3 Å². The number of ether oxygens (including phenoxy) is 1. The van der Waals surface area contributed by atoms with Crippen molar-refractivity contribution in [2.24, 2.45) is 9.98 Å². The molecular formula is C12H9N3O3. The SMILES string of the molecule is O=CC1=NCN=C1c1ccc2c(c1)CNC(=O)O2. The van der Waals surface area contributed by atoms with Gasteiger partial charge in [-0.3, -0.25) is 14.8 Å². The van der Waals surface area contributed by atoms with Crippen LogP contribution < -0.4 is 10.1 Å². The number of benzene rings is 1. The van der Waals surface area contributed by atoms with Gasteiger partial charge in [-0.2, -0.15) is 0 Å². The molecule has 0 spiro atoms. The van der Waals surface area contributed by atoms with Crippen LogP contribution >= 0.6 is 0 Å². The van der Waals surface area contributed by atoms with Crippen molar-refractivity contribution in [2.45, 2.75) is 6.54 Å². The number of nitrogens with zero attached hydrogens (tertiary/aromatic N) is 2. The summed E-state index contributed by atoms with van der Waals surface area (Å²) in [4.78, 5) is 30.0. The zero-order valence-corrected chi connectivity index (χ0v) is 9.34. The molecule has 0 radical (unpaired) electrons. The van der Waals surface area contributed by atoms with Crippen LogP contribution in [0, 0.1) is 0 Å². The Bertz CT molecular complexity index is 605. The van der Waals surface area contributed by atoms with Crippen LogP contribution in [-0.2, 0) is 11.3 Å². The highest BCUT2D eigenvalue weighted by Crippen LogP contribution is 2.24. The first kappa shape index (κ1) is 10.6. The average Bonchev–Trinajstić information content (AvgIpc) is 2.86. The number of carbonyl (C=O) groups is 2. The summed E-state index contributed by atoms with van der Waals surface area (Å²) in [6.07, 6.45) is 0.243. The number of aliphatic imine (C=N–C) groups is 2. The Kier molecular flexibility index (Phi) is 2.40. The lowest BCUT2D eigenvalue weighted by molar-refractivity contribution is -0.102. The lowest BCUT2D eigenvalue weighted by Gasteiger charge is -2.17. The number of carbonyl (C=O) groups excluding carboxylic acids is 2. The van der Waals surface area contributed by atoms with E-state index in [1.54, 1.807) is 12.1 Å². The van der Waals surface area contributed by atoms with Crippen molar-refractivity contribution in [3.63, 3.8) is 0 Å². The van der Waals surface area contributed by atoms with Gasteiger partial charge in [-0.25, -0.2) is 4.79 Å². The van der Waals surface area contributed by atoms with Gasteiger partial charge in [0.15, 0.2) is 6.29 Å². The zero-order chi connectivity index (χ0) is 12.5. The standard InChI is InChI=1S/C12H9N3O3/c16-5-9-11(15-6-14-9)7-1-2-10-8(3-7)4-13-12(17)18-10/h1-3,5H,4,6H2,(H,13,17). The van der Waals surface area contributed by atoms with Gasteiger partial charge in [0.25, 0.3) is 0 Å². The van der Waals surface area contributed by atoms with E-state index < -0.39 is 6.09 Å². The fourth-order valence-electron chi connectivity index (χ4n) is 1.94. The maximum Gasteiger partial charge on any atom is 0.412 e. The van der Waals surface area contributed by atoms with Gasteiger partial charge in [-0.05, 0) is 18.2 Å². The minimum absolute atomic E-state index is 0.285. The van der Waals surface area contributed by atoms with E-state index in [1.807, 2.05) is 6.07 Å². The molecule has 0 saturated carbocycles. The molecule has 2 aliphatic rings. The lowest BCUT2D eigenvalue weighted by Crippen LogP contribution is -2.31. The largest absolute Gasteiger partial charge is 0.412 e. The number of hydrogen-bond donors (Lipinski definition) is 1. The highest BCUT2D eigenvalue weighted by Gasteiger charge is 2.20. The van der Waals surface area contributed by atoms with Gasteiger partial charge in [0.05, 0.1) is 5.71 Å². The molecule has 1 N–H and O–H groups in total. The monoisotopic (exact) mass is 243 g/mol. The minimum atomic E-state index is -0.455. The van der Waals surface area contributed by atoms with Gasteiger partial charge in [-0.15, -0.1) is 0 Å². The summed E-state index contributed by atoms with van der Waals surface area (Å²) in [5.74, 6) is 0.533. The topological polar surface area (TPSA) is 80.1 Å². The molecule has 0 fully saturated rings. The van der Waals surface area contributed by atoms with E-state index in [0.29, 0.717) is 30.0 Å². The zero-order valence-electron chi connectivity index (χ0n) is 9.34. The van der Waals surface area contributed by atoms with Crippen LogP contribution in [0.2, 0.25) is 0 Å². The molecule has 18 heavy (non-hydrogen) atoms. The van der Waals surface area contributed by atoms with Gasteiger partial charge in [0, 0.05) is 17.7 Å². The molecule has 2 aliphatic heterocycles. The van der Waals surface area contributed by atoms with E-state index in [2.05, 4.69) is 15.3 Å². The Hall–Kier alpha value is -2.50. The summed E-state index contributed by atoms with van der Waals surface area (Å²) in [5, 5.41) is 2.58. The van der Waals surface area contributed by atoms with E-state index in [0.717, 1.165) is 11.1 Å². The maximum absolute atomic E-state index is 11.0. The number of amides is 1. The molecule has 1 aromatic carbocycles. The molecule has 1 aromatic rings. The third-order valence-electron chi connectivity index (χ3n) is 2.78. The van der Waals surface area contributed by atoms with Crippen molar-refractivity contribution in [1.82, 2.24) is 5.32 Å². The number of nitrogens with one attached hydrogen (secondary N) is 1. The summed E-state index contributed by atoms with van der Waals surface area (Å²) in [6.45, 7) is 0.691. The van der Waals surface area contributed by atoms with Crippen LogP contribution in [0.1, 0.15) is 11.1 Å². The second-order valence-corrected chi connectivity index (χ2v) is 3.87. The van der Waals surface area contributed by atoms with Gasteiger partial charge in [0.2, 0.25) is 0 Å².